The van der Waals surface area contributed by atoms with Crippen molar-refractivity contribution in [3.8, 4) is 0 Å². The van der Waals surface area contributed by atoms with Gasteiger partial charge in [0, 0.05) is 18.8 Å². The van der Waals surface area contributed by atoms with Gasteiger partial charge in [-0.2, -0.15) is 31.8 Å². The molecule has 2 aliphatic carbocycles. The zero-order valence-electron chi connectivity index (χ0n) is 14.0. The van der Waals surface area contributed by atoms with E-state index in [1.807, 2.05) is 0 Å². The summed E-state index contributed by atoms with van der Waals surface area (Å²) in [5.41, 5.74) is 1.21. The van der Waals surface area contributed by atoms with Crippen molar-refractivity contribution in [2.45, 2.75) is 68.9 Å². The van der Waals surface area contributed by atoms with Gasteiger partial charge in [-0.15, -0.1) is 0 Å². The third-order valence-electron chi connectivity index (χ3n) is 5.51. The van der Waals surface area contributed by atoms with E-state index in [9.17, 15) is 40.2 Å². The van der Waals surface area contributed by atoms with Crippen LogP contribution >= 0.6 is 0 Å². The molecule has 3 aliphatic rings. The zero-order chi connectivity index (χ0) is 20.2. The Morgan fingerprint density at radius 2 is 1.59 bits per heavy atom. The Bertz CT molecular complexity index is 644. The maximum atomic E-state index is 13.7. The van der Waals surface area contributed by atoms with Crippen LogP contribution < -0.4 is 5.43 Å². The van der Waals surface area contributed by atoms with Crippen LogP contribution in [0.5, 0.6) is 0 Å². The maximum absolute atomic E-state index is 13.7. The average Bonchev–Trinajstić information content (AvgIpc) is 2.90. The number of hydrogen-bond acceptors (Lipinski definition) is 2. The van der Waals surface area contributed by atoms with E-state index in [2.05, 4.69) is 5.43 Å². The zero-order valence-corrected chi connectivity index (χ0v) is 14.0. The number of hydrazine groups is 1. The fourth-order valence-corrected chi connectivity index (χ4v) is 4.01. The Kier molecular flexibility index (Phi) is 4.97. The fraction of sp³-hybridized carbons (Fsp3) is 0.812. The number of hydrogen-bond donors (Lipinski definition) is 2. The van der Waals surface area contributed by atoms with Gasteiger partial charge in [-0.3, -0.25) is 0 Å². The highest BCUT2D eigenvalue weighted by Crippen LogP contribution is 2.45. The van der Waals surface area contributed by atoms with Gasteiger partial charge < -0.3 is 5.11 Å². The van der Waals surface area contributed by atoms with Gasteiger partial charge in [-0.1, -0.05) is 4.68 Å². The molecule has 0 aromatic rings. The highest BCUT2D eigenvalue weighted by atomic mass is 19.4. The quantitative estimate of drug-likeness (QED) is 0.511. The van der Waals surface area contributed by atoms with Crippen molar-refractivity contribution >= 4 is 6.21 Å². The lowest BCUT2D eigenvalue weighted by Crippen LogP contribution is -2.48. The van der Waals surface area contributed by atoms with E-state index in [0.717, 1.165) is 4.68 Å². The topological polar surface area (TPSA) is 35.3 Å². The number of halogens is 8. The van der Waals surface area contributed by atoms with Crippen LogP contribution in [0.25, 0.3) is 0 Å². The van der Waals surface area contributed by atoms with Gasteiger partial charge >= 0.3 is 12.4 Å². The molecule has 1 saturated carbocycles. The second-order valence-electron chi connectivity index (χ2n) is 7.34. The number of aliphatic hydroxyl groups excluding tert-OH is 1. The van der Waals surface area contributed by atoms with E-state index in [1.165, 1.54) is 6.21 Å². The van der Waals surface area contributed by atoms with Crippen LogP contribution in [0, 0.1) is 11.8 Å². The third kappa shape index (κ3) is 3.93. The molecule has 2 atom stereocenters. The van der Waals surface area contributed by atoms with E-state index in [1.54, 1.807) is 0 Å². The molecule has 0 saturated heterocycles. The molecule has 0 amide bonds. The van der Waals surface area contributed by atoms with Gasteiger partial charge in [0.2, 0.25) is 11.7 Å². The van der Waals surface area contributed by atoms with Crippen LogP contribution in [0.15, 0.2) is 11.3 Å². The van der Waals surface area contributed by atoms with Crippen LogP contribution in [-0.2, 0) is 0 Å². The molecule has 3 nitrogen and oxygen atoms in total. The van der Waals surface area contributed by atoms with Crippen molar-refractivity contribution in [1.82, 2.24) is 5.43 Å². The van der Waals surface area contributed by atoms with Crippen molar-refractivity contribution in [3.05, 3.63) is 11.3 Å². The Labute approximate surface area is 149 Å². The van der Waals surface area contributed by atoms with Crippen LogP contribution in [0.2, 0.25) is 0 Å². The summed E-state index contributed by atoms with van der Waals surface area (Å²) in [5.74, 6) is -5.50. The van der Waals surface area contributed by atoms with E-state index in [-0.39, 0.29) is 37.8 Å². The molecule has 1 unspecified atom stereocenters. The van der Waals surface area contributed by atoms with Crippen molar-refractivity contribution < 1.29 is 44.9 Å². The molecule has 1 fully saturated rings. The molecular formula is C16H19F8N2O+. The number of alkyl halides is 8. The first kappa shape index (κ1) is 20.3. The Morgan fingerprint density at radius 3 is 2.11 bits per heavy atom. The first-order valence-electron chi connectivity index (χ1n) is 8.63. The molecule has 0 aromatic carbocycles. The standard InChI is InChI=1S/C16H19F8N2O/c17-14(18)6-5-10-11(13(14)27)12(16(22,23)24)25-26(10)7-8-1-3-9(4-2-8)15(19,20)21/h7-9,12-13,25,27H,1-6H2/q+1/b26-7-/t8?,9?,12?,13-/m0/s1. The lowest BCUT2D eigenvalue weighted by atomic mass is 9.82. The van der Waals surface area contributed by atoms with Gasteiger partial charge in [-0.25, -0.2) is 8.78 Å². The molecule has 1 aliphatic heterocycles. The minimum atomic E-state index is -4.90. The lowest BCUT2D eigenvalue weighted by molar-refractivity contribution is -0.540. The summed E-state index contributed by atoms with van der Waals surface area (Å²) in [6.07, 6.45) is -11.6. The monoisotopic (exact) mass is 407 g/mol. The minimum Gasteiger partial charge on any atom is -0.382 e. The summed E-state index contributed by atoms with van der Waals surface area (Å²) in [5, 5.41) is 9.78. The number of nitrogens with one attached hydrogen (secondary N) is 1. The van der Waals surface area contributed by atoms with E-state index in [0.29, 0.717) is 0 Å². The number of aliphatic hydroxyl groups is 1. The van der Waals surface area contributed by atoms with Crippen molar-refractivity contribution in [2.24, 2.45) is 11.8 Å². The average molecular weight is 407 g/mol. The van der Waals surface area contributed by atoms with Crippen LogP contribution in [0.3, 0.4) is 0 Å². The van der Waals surface area contributed by atoms with Gasteiger partial charge in [0.1, 0.15) is 6.10 Å². The van der Waals surface area contributed by atoms with Crippen molar-refractivity contribution in [1.29, 1.82) is 0 Å². The second kappa shape index (κ2) is 6.59. The van der Waals surface area contributed by atoms with Gasteiger partial charge in [0.25, 0.3) is 5.92 Å². The minimum absolute atomic E-state index is 0.0753. The molecule has 0 radical (unpaired) electrons. The highest BCUT2D eigenvalue weighted by molar-refractivity contribution is 5.56. The normalized spacial score (nSPS) is 36.0. The third-order valence-corrected chi connectivity index (χ3v) is 5.51. The number of hydrazone groups is 1. The fourth-order valence-electron chi connectivity index (χ4n) is 4.01. The first-order valence-corrected chi connectivity index (χ1v) is 8.63. The van der Waals surface area contributed by atoms with E-state index < -0.39 is 54.3 Å². The molecule has 2 N–H and O–H groups in total. The molecule has 11 heteroatoms. The van der Waals surface area contributed by atoms with E-state index in [4.69, 9.17) is 0 Å². The SMILES string of the molecule is O[C@H]1C2=C(CCC1(F)F)/[N+](=C/C1CCC(C(F)(F)F)CC1)NC2C(F)(F)F. The van der Waals surface area contributed by atoms with Crippen molar-refractivity contribution in [2.75, 3.05) is 0 Å². The number of allylic oxidation sites excluding steroid dienone is 1. The first-order chi connectivity index (χ1) is 12.3. The predicted octanol–water partition coefficient (Wildman–Crippen LogP) is 3.93. The molecule has 0 spiro atoms. The largest absolute Gasteiger partial charge is 0.418 e. The summed E-state index contributed by atoms with van der Waals surface area (Å²) < 4.78 is 106. The van der Waals surface area contributed by atoms with Crippen LogP contribution in [0.1, 0.15) is 38.5 Å². The smallest absolute Gasteiger partial charge is 0.382 e. The summed E-state index contributed by atoms with van der Waals surface area (Å²) in [7, 11) is 0. The van der Waals surface area contributed by atoms with Gasteiger partial charge in [-0.05, 0) is 25.7 Å². The molecule has 3 rings (SSSR count). The summed E-state index contributed by atoms with van der Waals surface area (Å²) in [4.78, 5) is 0. The molecule has 154 valence electrons. The summed E-state index contributed by atoms with van der Waals surface area (Å²) in [6, 6.07) is -2.45. The Hall–Kier alpha value is -1.39. The molecule has 0 aromatic heterocycles. The molecule has 1 heterocycles. The molecule has 27 heavy (non-hydrogen) atoms. The van der Waals surface area contributed by atoms with Gasteiger partial charge in [0.15, 0.2) is 6.21 Å². The highest BCUT2D eigenvalue weighted by Gasteiger charge is 2.61. The second-order valence-corrected chi connectivity index (χ2v) is 7.34. The molecule has 0 bridgehead atoms. The summed E-state index contributed by atoms with van der Waals surface area (Å²) >= 11 is 0. The Balaban J connectivity index is 1.84. The maximum Gasteiger partial charge on any atom is 0.418 e. The Morgan fingerprint density at radius 1 is 1.00 bits per heavy atom. The number of nitrogens with zero attached hydrogens (tertiary/aromatic N) is 1. The molecular weight excluding hydrogens is 388 g/mol. The predicted molar refractivity (Wildman–Crippen MR) is 78.0 cm³/mol. The van der Waals surface area contributed by atoms with E-state index >= 15 is 0 Å². The number of rotatable bonds is 1. The lowest BCUT2D eigenvalue weighted by Gasteiger charge is -2.28. The summed E-state index contributed by atoms with van der Waals surface area (Å²) in [6.45, 7) is 0. The van der Waals surface area contributed by atoms with Gasteiger partial charge in [0.05, 0.1) is 11.5 Å². The van der Waals surface area contributed by atoms with Crippen LogP contribution in [0.4, 0.5) is 35.1 Å². The van der Waals surface area contributed by atoms with Crippen LogP contribution in [-0.4, -0.2) is 46.4 Å². The van der Waals surface area contributed by atoms with Crippen molar-refractivity contribution in [3.63, 3.8) is 0 Å².